The number of carbonyl (C=O) groups excluding carboxylic acids is 1. The molecule has 57 heavy (non-hydrogen) atoms. The Labute approximate surface area is 348 Å². The highest BCUT2D eigenvalue weighted by Gasteiger charge is 2.27. The fourth-order valence-electron chi connectivity index (χ4n) is 4.99. The Morgan fingerprint density at radius 3 is 1.51 bits per heavy atom. The molecule has 0 aliphatic carbocycles. The highest BCUT2D eigenvalue weighted by Crippen LogP contribution is 2.43. The number of aliphatic hydroxyl groups excluding tert-OH is 1. The van der Waals surface area contributed by atoms with Crippen molar-refractivity contribution in [3.8, 4) is 0 Å². The van der Waals surface area contributed by atoms with Crippen LogP contribution in [0.4, 0.5) is 0 Å². The fourth-order valence-corrected chi connectivity index (χ4v) is 5.72. The summed E-state index contributed by atoms with van der Waals surface area (Å²) in [5, 5.41) is 13.7. The van der Waals surface area contributed by atoms with E-state index in [9.17, 15) is 19.4 Å². The molecule has 0 aromatic rings. The molecule has 3 atom stereocenters. The van der Waals surface area contributed by atoms with Crippen LogP contribution >= 0.6 is 7.82 Å². The molecule has 3 N–H and O–H groups in total. The Morgan fingerprint density at radius 2 is 1.04 bits per heavy atom. The molecular weight excluding hydrogens is 732 g/mol. The van der Waals surface area contributed by atoms with Gasteiger partial charge in [-0.3, -0.25) is 13.8 Å². The zero-order valence-electron chi connectivity index (χ0n) is 36.3. The smallest absolute Gasteiger partial charge is 0.387 e. The van der Waals surface area contributed by atoms with Crippen LogP contribution in [-0.4, -0.2) is 73.4 Å². The number of phosphoric acid groups is 1. The number of quaternary nitrogens is 1. The molecule has 0 heterocycles. The third kappa shape index (κ3) is 40.9. The van der Waals surface area contributed by atoms with E-state index in [-0.39, 0.29) is 25.5 Å². The lowest BCUT2D eigenvalue weighted by atomic mass is 10.1. The number of carbonyl (C=O) groups is 1. The second-order valence-electron chi connectivity index (χ2n) is 15.0. The third-order valence-electron chi connectivity index (χ3n) is 8.39. The highest BCUT2D eigenvalue weighted by atomic mass is 31.2. The number of likely N-dealkylation sites (N-methyl/N-ethyl adjacent to an activating group) is 1. The maximum absolute atomic E-state index is 12.8. The van der Waals surface area contributed by atoms with Gasteiger partial charge in [-0.25, -0.2) is 4.57 Å². The Hall–Kier alpha value is -3.10. The molecule has 0 aliphatic rings. The van der Waals surface area contributed by atoms with Crippen molar-refractivity contribution >= 4 is 13.7 Å². The summed E-state index contributed by atoms with van der Waals surface area (Å²) >= 11 is 0. The second-order valence-corrected chi connectivity index (χ2v) is 16.4. The van der Waals surface area contributed by atoms with Gasteiger partial charge >= 0.3 is 7.82 Å². The Morgan fingerprint density at radius 1 is 0.614 bits per heavy atom. The maximum Gasteiger partial charge on any atom is 0.472 e. The first-order chi connectivity index (χ1) is 27.5. The standard InChI is InChI=1S/C48H79N2O6P/c1-6-8-10-12-14-16-18-20-21-22-23-24-25-26-27-28-29-30-32-34-36-38-40-42-48(52)49-46(45-56-57(53,54)55-44-43-50(3,4)5)47(51)41-39-37-35-33-31-19-17-15-13-11-9-7-2/h8,10,13-16,20-21,23-24,26-27,29-31,33-34,36,39,41,46-47,51H,6-7,9,11-12,17-19,22,25,28,32,35,37-38,40,42-45H2,1-5H3,(H-,49,52,53,54)/p+1/b10-8-,15-13+,16-14-,21-20-,24-23-,27-26-,30-29-,33-31+,36-34-,41-39+. The molecular formula is C48H80N2O6P+. The van der Waals surface area contributed by atoms with Crippen LogP contribution in [0.15, 0.2) is 122 Å². The van der Waals surface area contributed by atoms with Gasteiger partial charge in [-0.1, -0.05) is 148 Å². The molecule has 0 fully saturated rings. The summed E-state index contributed by atoms with van der Waals surface area (Å²) in [7, 11) is 1.48. The van der Waals surface area contributed by atoms with E-state index in [1.54, 1.807) is 6.08 Å². The minimum atomic E-state index is -4.37. The van der Waals surface area contributed by atoms with Crippen LogP contribution in [0.2, 0.25) is 0 Å². The van der Waals surface area contributed by atoms with Crippen LogP contribution in [0.1, 0.15) is 123 Å². The molecule has 0 radical (unpaired) electrons. The minimum absolute atomic E-state index is 0.0348. The van der Waals surface area contributed by atoms with Gasteiger partial charge in [0.2, 0.25) is 5.91 Å². The molecule has 3 unspecified atom stereocenters. The summed E-state index contributed by atoms with van der Waals surface area (Å²) in [6.45, 7) is 4.53. The van der Waals surface area contributed by atoms with E-state index in [4.69, 9.17) is 9.05 Å². The number of rotatable bonds is 36. The molecule has 0 bridgehead atoms. The SMILES string of the molecule is CC/C=C\C/C=C\C/C=C\C/C=C\C/C=C\C/C=C\C/C=C\CCCC(=O)NC(COP(=O)(O)OCC[N+](C)(C)C)C(O)/C=C/CC/C=C/CC/C=C/CCCC. The van der Waals surface area contributed by atoms with Crippen LogP contribution in [0.3, 0.4) is 0 Å². The number of phosphoric ester groups is 1. The molecule has 0 aliphatic heterocycles. The lowest BCUT2D eigenvalue weighted by Crippen LogP contribution is -2.45. The van der Waals surface area contributed by atoms with Gasteiger partial charge in [-0.2, -0.15) is 0 Å². The number of nitrogens with one attached hydrogen (secondary N) is 1. The van der Waals surface area contributed by atoms with Crippen molar-refractivity contribution in [3.05, 3.63) is 122 Å². The van der Waals surface area contributed by atoms with E-state index in [1.165, 1.54) is 12.8 Å². The van der Waals surface area contributed by atoms with Gasteiger partial charge in [0.1, 0.15) is 13.2 Å². The van der Waals surface area contributed by atoms with Gasteiger partial charge in [0.05, 0.1) is 39.9 Å². The largest absolute Gasteiger partial charge is 0.472 e. The zero-order valence-corrected chi connectivity index (χ0v) is 37.2. The summed E-state index contributed by atoms with van der Waals surface area (Å²) in [6.07, 6.45) is 57.1. The Kier molecular flexibility index (Phi) is 36.3. The average Bonchev–Trinajstić information content (AvgIpc) is 3.16. The van der Waals surface area contributed by atoms with Gasteiger partial charge in [0, 0.05) is 6.42 Å². The van der Waals surface area contributed by atoms with Crippen LogP contribution < -0.4 is 5.32 Å². The Balaban J connectivity index is 4.60. The lowest BCUT2D eigenvalue weighted by Gasteiger charge is -2.25. The van der Waals surface area contributed by atoms with Crippen LogP contribution in [-0.2, 0) is 18.4 Å². The molecule has 0 aromatic carbocycles. The molecule has 0 spiro atoms. The van der Waals surface area contributed by atoms with Crippen LogP contribution in [0, 0.1) is 0 Å². The van der Waals surface area contributed by atoms with Gasteiger partial charge in [-0.05, 0) is 89.9 Å². The number of allylic oxidation sites excluding steroid dienone is 19. The monoisotopic (exact) mass is 812 g/mol. The first-order valence-corrected chi connectivity index (χ1v) is 22.9. The molecule has 0 aromatic heterocycles. The van der Waals surface area contributed by atoms with Gasteiger partial charge in [0.25, 0.3) is 0 Å². The van der Waals surface area contributed by atoms with Gasteiger partial charge < -0.3 is 19.8 Å². The van der Waals surface area contributed by atoms with E-state index in [0.29, 0.717) is 17.4 Å². The second kappa shape index (κ2) is 38.4. The number of aliphatic hydroxyl groups is 1. The van der Waals surface area contributed by atoms with E-state index >= 15 is 0 Å². The number of nitrogens with zero attached hydrogens (tertiary/aromatic N) is 1. The average molecular weight is 812 g/mol. The molecule has 0 rings (SSSR count). The molecule has 9 heteroatoms. The predicted octanol–water partition coefficient (Wildman–Crippen LogP) is 11.9. The van der Waals surface area contributed by atoms with Crippen molar-refractivity contribution in [3.63, 3.8) is 0 Å². The number of unbranched alkanes of at least 4 members (excludes halogenated alkanes) is 5. The summed E-state index contributed by atoms with van der Waals surface area (Å²) in [5.74, 6) is -0.258. The first-order valence-electron chi connectivity index (χ1n) is 21.4. The number of hydrogen-bond donors (Lipinski definition) is 3. The molecule has 8 nitrogen and oxygen atoms in total. The normalized spacial score (nSPS) is 15.6. The van der Waals surface area contributed by atoms with E-state index in [0.717, 1.165) is 83.5 Å². The lowest BCUT2D eigenvalue weighted by molar-refractivity contribution is -0.870. The van der Waals surface area contributed by atoms with Crippen molar-refractivity contribution in [1.29, 1.82) is 0 Å². The van der Waals surface area contributed by atoms with Gasteiger partial charge in [0.15, 0.2) is 0 Å². The zero-order chi connectivity index (χ0) is 42.1. The fraction of sp³-hybridized carbons (Fsp3) is 0.562. The van der Waals surface area contributed by atoms with Crippen molar-refractivity contribution in [2.24, 2.45) is 0 Å². The summed E-state index contributed by atoms with van der Waals surface area (Å²) in [4.78, 5) is 23.0. The van der Waals surface area contributed by atoms with E-state index in [1.807, 2.05) is 27.2 Å². The van der Waals surface area contributed by atoms with E-state index in [2.05, 4.69) is 129 Å². The minimum Gasteiger partial charge on any atom is -0.387 e. The first kappa shape index (κ1) is 53.9. The maximum atomic E-state index is 12.8. The molecule has 1 amide bonds. The highest BCUT2D eigenvalue weighted by molar-refractivity contribution is 7.47. The van der Waals surface area contributed by atoms with Crippen LogP contribution in [0.25, 0.3) is 0 Å². The number of hydrogen-bond acceptors (Lipinski definition) is 5. The Bertz CT molecular complexity index is 1330. The topological polar surface area (TPSA) is 105 Å². The summed E-state index contributed by atoms with van der Waals surface area (Å²) < 4.78 is 23.4. The van der Waals surface area contributed by atoms with Crippen molar-refractivity contribution in [2.75, 3.05) is 40.9 Å². The van der Waals surface area contributed by atoms with Crippen molar-refractivity contribution in [1.82, 2.24) is 5.32 Å². The third-order valence-corrected chi connectivity index (χ3v) is 9.38. The van der Waals surface area contributed by atoms with Crippen LogP contribution in [0.5, 0.6) is 0 Å². The number of amides is 1. The molecule has 322 valence electrons. The summed E-state index contributed by atoms with van der Waals surface area (Å²) in [5.41, 5.74) is 0. The quantitative estimate of drug-likeness (QED) is 0.0252. The van der Waals surface area contributed by atoms with Gasteiger partial charge in [-0.15, -0.1) is 0 Å². The molecule has 0 saturated heterocycles. The molecule has 0 saturated carbocycles. The summed E-state index contributed by atoms with van der Waals surface area (Å²) in [6, 6.07) is -0.907. The predicted molar refractivity (Wildman–Crippen MR) is 244 cm³/mol. The van der Waals surface area contributed by atoms with Crippen molar-refractivity contribution in [2.45, 2.75) is 135 Å². The van der Waals surface area contributed by atoms with Crippen molar-refractivity contribution < 1.29 is 32.9 Å². The van der Waals surface area contributed by atoms with E-state index < -0.39 is 20.0 Å².